The topological polar surface area (TPSA) is 13.7 Å². The summed E-state index contributed by atoms with van der Waals surface area (Å²) in [5.74, 6) is 1.09. The van der Waals surface area contributed by atoms with E-state index >= 15 is 0 Å². The lowest BCUT2D eigenvalue weighted by molar-refractivity contribution is -0.887. The van der Waals surface area contributed by atoms with Crippen LogP contribution in [0.5, 0.6) is 5.75 Å². The third-order valence-electron chi connectivity index (χ3n) is 4.14. The van der Waals surface area contributed by atoms with Gasteiger partial charge >= 0.3 is 0 Å². The lowest BCUT2D eigenvalue weighted by Gasteiger charge is -2.13. The average molecular weight is 262 g/mol. The van der Waals surface area contributed by atoms with Crippen LogP contribution in [0.2, 0.25) is 0 Å². The molecule has 1 saturated heterocycles. The van der Waals surface area contributed by atoms with Crippen LogP contribution in [0.4, 0.5) is 0 Å². The second kappa shape index (κ2) is 7.54. The molecule has 0 saturated carbocycles. The van der Waals surface area contributed by atoms with Crippen molar-refractivity contribution in [2.75, 3.05) is 26.2 Å². The van der Waals surface area contributed by atoms with Crippen LogP contribution < -0.4 is 9.64 Å². The van der Waals surface area contributed by atoms with Crippen molar-refractivity contribution in [2.24, 2.45) is 0 Å². The van der Waals surface area contributed by atoms with E-state index in [9.17, 15) is 0 Å². The van der Waals surface area contributed by atoms with Gasteiger partial charge in [0.25, 0.3) is 0 Å². The Morgan fingerprint density at radius 3 is 2.37 bits per heavy atom. The van der Waals surface area contributed by atoms with Crippen molar-refractivity contribution in [3.63, 3.8) is 0 Å². The Morgan fingerprint density at radius 2 is 1.68 bits per heavy atom. The molecule has 0 bridgehead atoms. The fraction of sp³-hybridized carbons (Fsp3) is 0.647. The molecule has 1 aliphatic heterocycles. The van der Waals surface area contributed by atoms with Gasteiger partial charge in [-0.3, -0.25) is 0 Å². The van der Waals surface area contributed by atoms with E-state index in [1.165, 1.54) is 62.9 Å². The summed E-state index contributed by atoms with van der Waals surface area (Å²) in [5.41, 5.74) is 2.50. The van der Waals surface area contributed by atoms with Gasteiger partial charge < -0.3 is 9.64 Å². The Kier molecular flexibility index (Phi) is 5.71. The van der Waals surface area contributed by atoms with Crippen LogP contribution in [0.15, 0.2) is 18.2 Å². The summed E-state index contributed by atoms with van der Waals surface area (Å²) in [6.45, 7) is 9.28. The number of ether oxygens (including phenoxy) is 1. The Balaban J connectivity index is 1.58. The van der Waals surface area contributed by atoms with Crippen LogP contribution in [0.1, 0.15) is 43.2 Å². The highest BCUT2D eigenvalue weighted by Crippen LogP contribution is 2.22. The molecule has 1 heterocycles. The van der Waals surface area contributed by atoms with E-state index in [0.29, 0.717) is 0 Å². The minimum Gasteiger partial charge on any atom is -0.493 e. The van der Waals surface area contributed by atoms with Gasteiger partial charge in [0.1, 0.15) is 5.75 Å². The number of aryl methyl sites for hydroxylation is 2. The first-order chi connectivity index (χ1) is 9.27. The van der Waals surface area contributed by atoms with Crippen molar-refractivity contribution in [3.8, 4) is 5.75 Å². The molecule has 0 atom stereocenters. The van der Waals surface area contributed by atoms with Crippen LogP contribution in [-0.2, 0) is 0 Å². The second-order valence-corrected chi connectivity index (χ2v) is 5.84. The molecule has 0 unspecified atom stereocenters. The first-order valence-corrected chi connectivity index (χ1v) is 7.80. The molecular weight excluding hydrogens is 234 g/mol. The Hall–Kier alpha value is -1.02. The third kappa shape index (κ3) is 4.54. The number of unbranched alkanes of at least 4 members (excludes halogenated alkanes) is 2. The van der Waals surface area contributed by atoms with E-state index in [2.05, 4.69) is 32.0 Å². The predicted molar refractivity (Wildman–Crippen MR) is 80.1 cm³/mol. The number of para-hydroxylation sites is 1. The molecule has 2 nitrogen and oxygen atoms in total. The van der Waals surface area contributed by atoms with Crippen LogP contribution in [0.25, 0.3) is 0 Å². The van der Waals surface area contributed by atoms with Gasteiger partial charge in [-0.25, -0.2) is 0 Å². The summed E-state index contributed by atoms with van der Waals surface area (Å²) >= 11 is 0. The molecular formula is C17H28NO+. The number of nitrogens with one attached hydrogen (secondary N) is 1. The monoisotopic (exact) mass is 262 g/mol. The highest BCUT2D eigenvalue weighted by atomic mass is 16.5. The Bertz CT molecular complexity index is 363. The second-order valence-electron chi connectivity index (χ2n) is 5.84. The maximum absolute atomic E-state index is 5.93. The number of quaternary nitrogens is 1. The number of rotatable bonds is 7. The highest BCUT2D eigenvalue weighted by Gasteiger charge is 2.13. The van der Waals surface area contributed by atoms with Gasteiger partial charge in [0.05, 0.1) is 26.2 Å². The normalized spacial score (nSPS) is 15.9. The first-order valence-electron chi connectivity index (χ1n) is 7.80. The Morgan fingerprint density at radius 1 is 1.00 bits per heavy atom. The van der Waals surface area contributed by atoms with Crippen molar-refractivity contribution in [3.05, 3.63) is 29.3 Å². The van der Waals surface area contributed by atoms with Crippen molar-refractivity contribution in [1.82, 2.24) is 0 Å². The van der Waals surface area contributed by atoms with Gasteiger partial charge in [0.2, 0.25) is 0 Å². The number of hydrogen-bond donors (Lipinski definition) is 1. The first kappa shape index (κ1) is 14.4. The van der Waals surface area contributed by atoms with Gasteiger partial charge in [-0.2, -0.15) is 0 Å². The van der Waals surface area contributed by atoms with Crippen molar-refractivity contribution in [2.45, 2.75) is 46.0 Å². The molecule has 0 spiro atoms. The zero-order valence-electron chi connectivity index (χ0n) is 12.5. The third-order valence-corrected chi connectivity index (χ3v) is 4.14. The van der Waals surface area contributed by atoms with Crippen LogP contribution in [0.3, 0.4) is 0 Å². The van der Waals surface area contributed by atoms with Crippen molar-refractivity contribution < 1.29 is 9.64 Å². The minimum absolute atomic E-state index is 0.862. The molecule has 0 aliphatic carbocycles. The maximum Gasteiger partial charge on any atom is 0.125 e. The maximum atomic E-state index is 5.93. The lowest BCUT2D eigenvalue weighted by atomic mass is 10.1. The molecule has 0 amide bonds. The molecule has 1 aliphatic rings. The number of likely N-dealkylation sites (tertiary alicyclic amines) is 1. The highest BCUT2D eigenvalue weighted by molar-refractivity contribution is 5.39. The fourth-order valence-electron chi connectivity index (χ4n) is 2.98. The summed E-state index contributed by atoms with van der Waals surface area (Å²) in [6, 6.07) is 6.34. The summed E-state index contributed by atoms with van der Waals surface area (Å²) in [7, 11) is 0. The van der Waals surface area contributed by atoms with E-state index in [-0.39, 0.29) is 0 Å². The molecule has 1 aromatic carbocycles. The van der Waals surface area contributed by atoms with Gasteiger partial charge in [0, 0.05) is 12.8 Å². The van der Waals surface area contributed by atoms with Gasteiger partial charge in [-0.05, 0) is 44.2 Å². The molecule has 0 aromatic heterocycles. The Labute approximate surface area is 117 Å². The summed E-state index contributed by atoms with van der Waals surface area (Å²) in [6.07, 6.45) is 6.71. The van der Waals surface area contributed by atoms with Crippen molar-refractivity contribution in [1.29, 1.82) is 0 Å². The number of benzene rings is 1. The molecule has 2 heteroatoms. The average Bonchev–Trinajstić information content (AvgIpc) is 2.89. The van der Waals surface area contributed by atoms with Crippen LogP contribution in [-0.4, -0.2) is 26.2 Å². The van der Waals surface area contributed by atoms with Gasteiger partial charge in [-0.15, -0.1) is 0 Å². The zero-order valence-corrected chi connectivity index (χ0v) is 12.5. The fourth-order valence-corrected chi connectivity index (χ4v) is 2.98. The van der Waals surface area contributed by atoms with E-state index in [0.717, 1.165) is 12.4 Å². The molecule has 1 aromatic rings. The van der Waals surface area contributed by atoms with Gasteiger partial charge in [-0.1, -0.05) is 18.2 Å². The lowest BCUT2D eigenvalue weighted by Crippen LogP contribution is -3.09. The van der Waals surface area contributed by atoms with E-state index in [4.69, 9.17) is 4.74 Å². The van der Waals surface area contributed by atoms with E-state index in [1.54, 1.807) is 0 Å². The smallest absolute Gasteiger partial charge is 0.125 e. The van der Waals surface area contributed by atoms with E-state index < -0.39 is 0 Å². The minimum atomic E-state index is 0.862. The summed E-state index contributed by atoms with van der Waals surface area (Å²) in [4.78, 5) is 1.82. The largest absolute Gasteiger partial charge is 0.493 e. The summed E-state index contributed by atoms with van der Waals surface area (Å²) in [5, 5.41) is 0. The molecule has 1 N–H and O–H groups in total. The zero-order chi connectivity index (χ0) is 13.5. The quantitative estimate of drug-likeness (QED) is 0.746. The van der Waals surface area contributed by atoms with Crippen LogP contribution >= 0.6 is 0 Å². The van der Waals surface area contributed by atoms with Crippen LogP contribution in [0, 0.1) is 13.8 Å². The molecule has 106 valence electrons. The molecule has 19 heavy (non-hydrogen) atoms. The number of hydrogen-bond acceptors (Lipinski definition) is 1. The molecule has 1 fully saturated rings. The van der Waals surface area contributed by atoms with Crippen molar-refractivity contribution >= 4 is 0 Å². The van der Waals surface area contributed by atoms with Gasteiger partial charge in [0.15, 0.2) is 0 Å². The SMILES string of the molecule is Cc1cccc(C)c1OCCCCC[NH+]1CCCC1. The molecule has 2 rings (SSSR count). The predicted octanol–water partition coefficient (Wildman–Crippen LogP) is 2.53. The molecule has 0 radical (unpaired) electrons. The summed E-state index contributed by atoms with van der Waals surface area (Å²) < 4.78 is 5.93. The standard InChI is InChI=1S/C17H27NO/c1-15-9-8-10-16(2)17(15)19-14-7-3-4-11-18-12-5-6-13-18/h8-10H,3-7,11-14H2,1-2H3/p+1. The van der Waals surface area contributed by atoms with E-state index in [1.807, 2.05) is 4.90 Å².